The topological polar surface area (TPSA) is 80.0 Å². The molecule has 1 aromatic carbocycles. The third kappa shape index (κ3) is 2.35. The Morgan fingerprint density at radius 2 is 2.19 bits per heavy atom. The first-order chi connectivity index (χ1) is 7.75. The Morgan fingerprint density at radius 3 is 2.81 bits per heavy atom. The molecule has 0 atom stereocenters. The second-order valence-corrected chi connectivity index (χ2v) is 3.01. The third-order valence-corrected chi connectivity index (χ3v) is 1.83. The van der Waals surface area contributed by atoms with E-state index in [1.165, 1.54) is 6.20 Å². The highest BCUT2D eigenvalue weighted by molar-refractivity contribution is 5.68. The quantitative estimate of drug-likeness (QED) is 0.730. The Balaban J connectivity index is 1.94. The molecular weight excluding hydrogens is 210 g/mol. The van der Waals surface area contributed by atoms with Crippen molar-refractivity contribution in [1.82, 2.24) is 5.27 Å². The average molecular weight is 219 g/mol. The van der Waals surface area contributed by atoms with Gasteiger partial charge in [0.05, 0.1) is 0 Å². The number of carbonyl (C=O) groups excluding carboxylic acids is 1. The Kier molecular flexibility index (Phi) is 2.81. The summed E-state index contributed by atoms with van der Waals surface area (Å²) in [5.41, 5.74) is 7.06. The molecule has 82 valence electrons. The fourth-order valence-electron chi connectivity index (χ4n) is 1.09. The van der Waals surface area contributed by atoms with Crippen molar-refractivity contribution in [2.75, 3.05) is 6.61 Å². The van der Waals surface area contributed by atoms with Gasteiger partial charge in [-0.1, -0.05) is 18.2 Å². The number of hydrogen-bond donors (Lipinski definition) is 0. The summed E-state index contributed by atoms with van der Waals surface area (Å²) in [4.78, 5) is 11.5. The summed E-state index contributed by atoms with van der Waals surface area (Å²) in [5, 5.41) is 3.35. The maximum absolute atomic E-state index is 11.5. The van der Waals surface area contributed by atoms with Crippen LogP contribution >= 0.6 is 0 Å². The summed E-state index contributed by atoms with van der Waals surface area (Å²) in [6.45, 7) is -0.152. The number of carbonyl (C=O) groups is 1. The van der Waals surface area contributed by atoms with Crippen molar-refractivity contribution in [1.29, 1.82) is 0 Å². The number of nitrogens with one attached hydrogen (secondary N) is 1. The first-order valence-corrected chi connectivity index (χ1v) is 4.57. The lowest BCUT2D eigenvalue weighted by molar-refractivity contribution is -0.649. The maximum atomic E-state index is 11.5. The highest BCUT2D eigenvalue weighted by Crippen LogP contribution is 2.07. The smallest absolute Gasteiger partial charge is 0.457 e. The number of hydrogen-bond acceptors (Lipinski definition) is 4. The number of ether oxygens (including phenoxy) is 1. The predicted molar refractivity (Wildman–Crippen MR) is 53.2 cm³/mol. The van der Waals surface area contributed by atoms with E-state index in [-0.39, 0.29) is 12.5 Å². The van der Waals surface area contributed by atoms with Gasteiger partial charge in [-0.05, 0) is 12.1 Å². The highest BCUT2D eigenvalue weighted by Gasteiger charge is 2.19. The molecule has 1 heterocycles. The van der Waals surface area contributed by atoms with Crippen molar-refractivity contribution in [2.24, 2.45) is 0 Å². The van der Waals surface area contributed by atoms with Crippen molar-refractivity contribution in [3.63, 3.8) is 0 Å². The largest absolute Gasteiger partial charge is 0.660 e. The second-order valence-electron chi connectivity index (χ2n) is 3.01. The molecule has 0 unspecified atom stereocenters. The molecule has 0 aliphatic rings. The van der Waals surface area contributed by atoms with E-state index in [0.717, 1.165) is 4.68 Å². The fourth-order valence-corrected chi connectivity index (χ4v) is 1.09. The van der Waals surface area contributed by atoms with Gasteiger partial charge in [0, 0.05) is 4.68 Å². The van der Waals surface area contributed by atoms with Gasteiger partial charge in [0.15, 0.2) is 0 Å². The van der Waals surface area contributed by atoms with Crippen LogP contribution in [0.4, 0.5) is 5.88 Å². The van der Waals surface area contributed by atoms with E-state index >= 15 is 0 Å². The van der Waals surface area contributed by atoms with Crippen molar-refractivity contribution in [2.45, 2.75) is 0 Å². The SMILES string of the molecule is [NH-]c1c[n+](C(=O)COc2ccccc2)no1. The lowest BCUT2D eigenvalue weighted by Crippen LogP contribution is -2.46. The van der Waals surface area contributed by atoms with Crippen LogP contribution in [-0.4, -0.2) is 17.8 Å². The van der Waals surface area contributed by atoms with E-state index in [1.807, 2.05) is 18.2 Å². The standard InChI is InChI=1S/C10H9N3O3/c11-9-6-13(12-16-9)10(14)7-15-8-4-2-1-3-5-8/h1-6H,7H2,(H-,11,12). The van der Waals surface area contributed by atoms with Crippen LogP contribution in [0.15, 0.2) is 41.1 Å². The normalized spacial score (nSPS) is 10.0. The minimum absolute atomic E-state index is 0.152. The zero-order valence-electron chi connectivity index (χ0n) is 8.29. The molecule has 0 saturated heterocycles. The molecule has 0 amide bonds. The monoisotopic (exact) mass is 219 g/mol. The summed E-state index contributed by atoms with van der Waals surface area (Å²) in [6, 6.07) is 8.97. The Hall–Kier alpha value is -2.37. The highest BCUT2D eigenvalue weighted by atomic mass is 16.5. The van der Waals surface area contributed by atoms with Gasteiger partial charge in [-0.2, -0.15) is 0 Å². The van der Waals surface area contributed by atoms with Crippen LogP contribution in [0.3, 0.4) is 0 Å². The molecule has 0 fully saturated rings. The number of rotatable bonds is 3. The van der Waals surface area contributed by atoms with E-state index in [4.69, 9.17) is 10.5 Å². The molecular formula is C10H9N3O3. The van der Waals surface area contributed by atoms with Crippen LogP contribution in [0.2, 0.25) is 0 Å². The molecule has 1 aromatic heterocycles. The van der Waals surface area contributed by atoms with Crippen LogP contribution in [0, 0.1) is 0 Å². The molecule has 0 bridgehead atoms. The molecule has 0 aliphatic carbocycles. The molecule has 0 saturated carbocycles. The summed E-state index contributed by atoms with van der Waals surface area (Å²) < 4.78 is 10.6. The third-order valence-electron chi connectivity index (χ3n) is 1.83. The van der Waals surface area contributed by atoms with Crippen molar-refractivity contribution in [3.05, 3.63) is 42.3 Å². The first kappa shape index (κ1) is 10.2. The van der Waals surface area contributed by atoms with Crippen LogP contribution in [0.1, 0.15) is 4.79 Å². The molecule has 16 heavy (non-hydrogen) atoms. The van der Waals surface area contributed by atoms with Gasteiger partial charge < -0.3 is 15.0 Å². The van der Waals surface area contributed by atoms with Crippen molar-refractivity contribution < 1.29 is 18.7 Å². The van der Waals surface area contributed by atoms with Gasteiger partial charge in [-0.15, -0.1) is 0 Å². The van der Waals surface area contributed by atoms with Gasteiger partial charge in [-0.25, -0.2) is 4.79 Å². The summed E-state index contributed by atoms with van der Waals surface area (Å²) in [5.74, 6) is 0.0326. The Labute approximate surface area is 91.2 Å². The summed E-state index contributed by atoms with van der Waals surface area (Å²) in [6.07, 6.45) is 1.18. The molecule has 6 heteroatoms. The minimum atomic E-state index is -0.397. The predicted octanol–water partition coefficient (Wildman–Crippen LogP) is 1.36. The van der Waals surface area contributed by atoms with E-state index in [1.54, 1.807) is 12.1 Å². The molecule has 0 spiro atoms. The molecule has 2 rings (SSSR count). The number of benzene rings is 1. The zero-order valence-corrected chi connectivity index (χ0v) is 8.29. The van der Waals surface area contributed by atoms with Gasteiger partial charge in [0.1, 0.15) is 11.6 Å². The summed E-state index contributed by atoms with van der Waals surface area (Å²) >= 11 is 0. The zero-order chi connectivity index (χ0) is 11.4. The Bertz CT molecular complexity index is 481. The van der Waals surface area contributed by atoms with Gasteiger partial charge in [-0.3, -0.25) is 0 Å². The van der Waals surface area contributed by atoms with E-state index in [0.29, 0.717) is 5.75 Å². The average Bonchev–Trinajstić information content (AvgIpc) is 2.74. The van der Waals surface area contributed by atoms with Crippen LogP contribution in [0.25, 0.3) is 5.73 Å². The molecule has 0 aliphatic heterocycles. The van der Waals surface area contributed by atoms with Crippen molar-refractivity contribution in [3.8, 4) is 5.75 Å². The van der Waals surface area contributed by atoms with Crippen LogP contribution in [-0.2, 0) is 0 Å². The van der Waals surface area contributed by atoms with E-state index < -0.39 is 5.91 Å². The minimum Gasteiger partial charge on any atom is -0.660 e. The maximum Gasteiger partial charge on any atom is 0.457 e. The Morgan fingerprint density at radius 1 is 1.44 bits per heavy atom. The number of aromatic nitrogens is 2. The van der Waals surface area contributed by atoms with Gasteiger partial charge in [0.25, 0.3) is 0 Å². The van der Waals surface area contributed by atoms with Gasteiger partial charge in [0.2, 0.25) is 18.1 Å². The number of para-hydroxylation sites is 1. The molecule has 2 aromatic rings. The van der Waals surface area contributed by atoms with Crippen LogP contribution in [0.5, 0.6) is 5.75 Å². The van der Waals surface area contributed by atoms with Gasteiger partial charge >= 0.3 is 5.91 Å². The first-order valence-electron chi connectivity index (χ1n) is 4.57. The molecule has 1 N–H and O–H groups in total. The molecule has 6 nitrogen and oxygen atoms in total. The molecule has 0 radical (unpaired) electrons. The van der Waals surface area contributed by atoms with Crippen molar-refractivity contribution >= 4 is 11.8 Å². The van der Waals surface area contributed by atoms with Crippen LogP contribution < -0.4 is 9.42 Å². The lowest BCUT2D eigenvalue weighted by Gasteiger charge is -1.99. The summed E-state index contributed by atoms with van der Waals surface area (Å²) in [7, 11) is 0. The second kappa shape index (κ2) is 4.43. The lowest BCUT2D eigenvalue weighted by atomic mass is 10.3. The number of nitrogens with zero attached hydrogens (tertiary/aromatic N) is 2. The van der Waals surface area contributed by atoms with E-state index in [9.17, 15) is 4.79 Å². The van der Waals surface area contributed by atoms with E-state index in [2.05, 4.69) is 9.79 Å². The fraction of sp³-hybridized carbons (Fsp3) is 0.100.